The van der Waals surface area contributed by atoms with E-state index in [0.29, 0.717) is 5.56 Å². The number of fused-ring (bicyclic) bond motifs is 1. The van der Waals surface area contributed by atoms with Crippen molar-refractivity contribution in [2.24, 2.45) is 4.99 Å². The third-order valence-corrected chi connectivity index (χ3v) is 5.54. The topological polar surface area (TPSA) is 49.7 Å². The quantitative estimate of drug-likeness (QED) is 0.494. The zero-order valence-corrected chi connectivity index (χ0v) is 17.4. The van der Waals surface area contributed by atoms with Crippen molar-refractivity contribution >= 4 is 23.0 Å². The summed E-state index contributed by atoms with van der Waals surface area (Å²) in [5.41, 5.74) is 6.45. The van der Waals surface area contributed by atoms with E-state index in [2.05, 4.69) is 55.2 Å². The number of hydrogen-bond donors (Lipinski definition) is 1. The van der Waals surface area contributed by atoms with Crippen LogP contribution in [-0.4, -0.2) is 17.3 Å². The van der Waals surface area contributed by atoms with Crippen LogP contribution in [0.15, 0.2) is 71.4 Å². The largest absolute Gasteiger partial charge is 0.478 e. The van der Waals surface area contributed by atoms with Crippen molar-refractivity contribution in [3.8, 4) is 0 Å². The van der Waals surface area contributed by atoms with E-state index in [-0.39, 0.29) is 5.92 Å². The molecule has 1 atom stereocenters. The molecule has 0 aliphatic carbocycles. The summed E-state index contributed by atoms with van der Waals surface area (Å²) < 4.78 is 0. The van der Waals surface area contributed by atoms with Gasteiger partial charge < -0.3 is 5.11 Å². The molecule has 3 aromatic carbocycles. The smallest absolute Gasteiger partial charge is 0.335 e. The molecule has 148 valence electrons. The summed E-state index contributed by atoms with van der Waals surface area (Å²) in [5.74, 6) is -0.743. The number of allylic oxidation sites excluding steroid dienone is 2. The predicted molar refractivity (Wildman–Crippen MR) is 121 cm³/mol. The number of benzene rings is 3. The van der Waals surface area contributed by atoms with Gasteiger partial charge in [0.2, 0.25) is 0 Å². The maximum atomic E-state index is 11.2. The normalized spacial score (nSPS) is 13.2. The Balaban J connectivity index is 2.04. The van der Waals surface area contributed by atoms with Crippen LogP contribution in [0.3, 0.4) is 0 Å². The van der Waals surface area contributed by atoms with Crippen molar-refractivity contribution in [1.29, 1.82) is 0 Å². The van der Waals surface area contributed by atoms with Gasteiger partial charge in [-0.25, -0.2) is 4.79 Å². The Bertz CT molecular complexity index is 1110. The molecule has 0 spiro atoms. The molecule has 3 nitrogen and oxygen atoms in total. The molecule has 0 fully saturated rings. The van der Waals surface area contributed by atoms with E-state index in [1.54, 1.807) is 12.1 Å². The number of hydrogen-bond acceptors (Lipinski definition) is 2. The van der Waals surface area contributed by atoms with Crippen LogP contribution >= 0.6 is 0 Å². The highest BCUT2D eigenvalue weighted by atomic mass is 16.4. The highest BCUT2D eigenvalue weighted by molar-refractivity contribution is 5.94. The van der Waals surface area contributed by atoms with Gasteiger partial charge in [-0.15, -0.1) is 0 Å². The van der Waals surface area contributed by atoms with Crippen LogP contribution in [0.1, 0.15) is 52.4 Å². The van der Waals surface area contributed by atoms with Crippen molar-refractivity contribution in [3.05, 3.63) is 94.2 Å². The zero-order valence-electron chi connectivity index (χ0n) is 17.4. The Morgan fingerprint density at radius 2 is 1.76 bits per heavy atom. The van der Waals surface area contributed by atoms with Crippen molar-refractivity contribution in [3.63, 3.8) is 0 Å². The number of carboxylic acids is 1. The summed E-state index contributed by atoms with van der Waals surface area (Å²) in [6.45, 7) is 8.30. The molecular weight excluding hydrogens is 358 g/mol. The first-order valence-corrected chi connectivity index (χ1v) is 9.91. The second-order valence-electron chi connectivity index (χ2n) is 7.35. The fraction of sp³-hybridized carbons (Fsp3) is 0.231. The number of aryl methyl sites for hydroxylation is 1. The lowest BCUT2D eigenvalue weighted by atomic mass is 9.85. The minimum atomic E-state index is -0.902. The van der Waals surface area contributed by atoms with E-state index in [0.717, 1.165) is 22.9 Å². The maximum absolute atomic E-state index is 11.2. The summed E-state index contributed by atoms with van der Waals surface area (Å²) in [5, 5.41) is 11.2. The summed E-state index contributed by atoms with van der Waals surface area (Å²) in [7, 11) is 0. The van der Waals surface area contributed by atoms with E-state index in [9.17, 15) is 9.90 Å². The molecule has 0 aromatic heterocycles. The second kappa shape index (κ2) is 8.87. The van der Waals surface area contributed by atoms with Crippen LogP contribution in [0.4, 0.5) is 0 Å². The molecule has 3 aromatic rings. The molecular formula is C26H27NO2. The van der Waals surface area contributed by atoms with Crippen molar-refractivity contribution < 1.29 is 9.90 Å². The Kier molecular flexibility index (Phi) is 6.28. The van der Waals surface area contributed by atoms with Crippen molar-refractivity contribution in [1.82, 2.24) is 0 Å². The third-order valence-electron chi connectivity index (χ3n) is 5.54. The molecule has 0 heterocycles. The molecule has 0 bridgehead atoms. The number of carboxylic acid groups (broad SMARTS) is 1. The number of carbonyl (C=O) groups is 1. The van der Waals surface area contributed by atoms with Crippen LogP contribution in [0.5, 0.6) is 0 Å². The Morgan fingerprint density at radius 3 is 2.45 bits per heavy atom. The molecule has 0 saturated heterocycles. The van der Waals surface area contributed by atoms with Crippen molar-refractivity contribution in [2.75, 3.05) is 0 Å². The maximum Gasteiger partial charge on any atom is 0.335 e. The van der Waals surface area contributed by atoms with Crippen molar-refractivity contribution in [2.45, 2.75) is 40.0 Å². The van der Waals surface area contributed by atoms with Crippen LogP contribution in [0.25, 0.3) is 10.8 Å². The average molecular weight is 386 g/mol. The molecule has 3 rings (SSSR count). The van der Waals surface area contributed by atoms with Gasteiger partial charge in [0.05, 0.1) is 5.56 Å². The highest BCUT2D eigenvalue weighted by Crippen LogP contribution is 2.33. The van der Waals surface area contributed by atoms with Gasteiger partial charge in [0, 0.05) is 17.8 Å². The number of nitrogens with zero attached hydrogens (tertiary/aromatic N) is 1. The molecule has 0 aliphatic heterocycles. The lowest BCUT2D eigenvalue weighted by Crippen LogP contribution is -2.08. The molecule has 3 heteroatoms. The van der Waals surface area contributed by atoms with Gasteiger partial charge in [0.15, 0.2) is 0 Å². The van der Waals surface area contributed by atoms with Gasteiger partial charge in [-0.05, 0) is 79.3 Å². The van der Waals surface area contributed by atoms with Gasteiger partial charge in [0.25, 0.3) is 0 Å². The molecule has 0 amide bonds. The number of aromatic carboxylic acids is 1. The third kappa shape index (κ3) is 4.45. The lowest BCUT2D eigenvalue weighted by molar-refractivity contribution is 0.0697. The lowest BCUT2D eigenvalue weighted by Gasteiger charge is -2.22. The van der Waals surface area contributed by atoms with E-state index < -0.39 is 5.97 Å². The first-order chi connectivity index (χ1) is 13.9. The summed E-state index contributed by atoms with van der Waals surface area (Å²) in [6.07, 6.45) is 4.77. The Hall–Kier alpha value is -3.20. The first kappa shape index (κ1) is 20.5. The van der Waals surface area contributed by atoms with Gasteiger partial charge >= 0.3 is 5.97 Å². The minimum absolute atomic E-state index is 0.159. The standard InChI is InChI=1S/C26H27NO2/c1-5-25(27-6-2)24(23-9-7-8-17(3)18(23)4)15-19-10-11-21-16-22(26(28)29)13-12-20(21)14-19/h5-14,16,24H,15H2,1-4H3,(H,28,29)/b25-5-,27-6?. The molecule has 0 saturated carbocycles. The SMILES string of the molecule is CC=N/C(=C\C)C(Cc1ccc2cc(C(=O)O)ccc2c1)c1cccc(C)c1C. The van der Waals surface area contributed by atoms with Gasteiger partial charge in [0.1, 0.15) is 0 Å². The van der Waals surface area contributed by atoms with E-state index >= 15 is 0 Å². The zero-order chi connectivity index (χ0) is 21.0. The van der Waals surface area contributed by atoms with E-state index in [1.807, 2.05) is 32.2 Å². The fourth-order valence-corrected chi connectivity index (χ4v) is 3.83. The number of rotatable bonds is 6. The van der Waals surface area contributed by atoms with Gasteiger partial charge in [-0.2, -0.15) is 0 Å². The van der Waals surface area contributed by atoms with Crippen LogP contribution < -0.4 is 0 Å². The monoisotopic (exact) mass is 385 g/mol. The summed E-state index contributed by atoms with van der Waals surface area (Å²) in [4.78, 5) is 15.9. The molecule has 0 radical (unpaired) electrons. The molecule has 1 unspecified atom stereocenters. The Labute approximate surface area is 172 Å². The van der Waals surface area contributed by atoms with Crippen LogP contribution in [0.2, 0.25) is 0 Å². The second-order valence-corrected chi connectivity index (χ2v) is 7.35. The van der Waals surface area contributed by atoms with Crippen LogP contribution in [-0.2, 0) is 6.42 Å². The van der Waals surface area contributed by atoms with Gasteiger partial charge in [-0.3, -0.25) is 4.99 Å². The summed E-state index contributed by atoms with van der Waals surface area (Å²) >= 11 is 0. The average Bonchev–Trinajstić information content (AvgIpc) is 2.72. The van der Waals surface area contributed by atoms with Crippen LogP contribution in [0, 0.1) is 13.8 Å². The molecule has 29 heavy (non-hydrogen) atoms. The molecule has 1 N–H and O–H groups in total. The minimum Gasteiger partial charge on any atom is -0.478 e. The predicted octanol–water partition coefficient (Wildman–Crippen LogP) is 6.48. The number of aliphatic imine (C=N–C) groups is 1. The van der Waals surface area contributed by atoms with E-state index in [4.69, 9.17) is 0 Å². The first-order valence-electron chi connectivity index (χ1n) is 9.91. The highest BCUT2D eigenvalue weighted by Gasteiger charge is 2.19. The van der Waals surface area contributed by atoms with Gasteiger partial charge in [-0.1, -0.05) is 48.5 Å². The Morgan fingerprint density at radius 1 is 1.03 bits per heavy atom. The summed E-state index contributed by atoms with van der Waals surface area (Å²) in [6, 6.07) is 18.0. The fourth-order valence-electron chi connectivity index (χ4n) is 3.83. The molecule has 0 aliphatic rings. The van der Waals surface area contributed by atoms with E-state index in [1.165, 1.54) is 22.3 Å².